The fourth-order valence-electron chi connectivity index (χ4n) is 3.51. The van der Waals surface area contributed by atoms with Crippen LogP contribution in [0.15, 0.2) is 12.2 Å². The molecule has 25 heavy (non-hydrogen) atoms. The van der Waals surface area contributed by atoms with Crippen LogP contribution in [0.2, 0.25) is 0 Å². The normalized spacial score (nSPS) is 13.5. The van der Waals surface area contributed by atoms with Crippen molar-refractivity contribution in [2.24, 2.45) is 0 Å². The van der Waals surface area contributed by atoms with Crippen LogP contribution in [0.1, 0.15) is 79.1 Å². The van der Waals surface area contributed by atoms with Crippen molar-refractivity contribution in [3.05, 3.63) is 12.2 Å². The van der Waals surface area contributed by atoms with Crippen molar-refractivity contribution in [2.75, 3.05) is 24.6 Å². The minimum atomic E-state index is -2.65. The van der Waals surface area contributed by atoms with E-state index < -0.39 is 18.8 Å². The van der Waals surface area contributed by atoms with Gasteiger partial charge in [0.1, 0.15) is 0 Å². The number of unbranched alkanes of at least 4 members (excludes halogenated alkanes) is 4. The van der Waals surface area contributed by atoms with Gasteiger partial charge < -0.3 is 0 Å². The molecule has 0 fully saturated rings. The van der Waals surface area contributed by atoms with Gasteiger partial charge in [-0.2, -0.15) is 0 Å². The second-order valence-electron chi connectivity index (χ2n) is 7.25. The van der Waals surface area contributed by atoms with Crippen LogP contribution in [0.4, 0.5) is 0 Å². The molecule has 0 aliphatic rings. The Kier molecular flexibility index (Phi) is 12.0. The molecular weight excluding hydrogens is 335 g/mol. The van der Waals surface area contributed by atoms with E-state index in [1.54, 1.807) is 0 Å². The third-order valence-electron chi connectivity index (χ3n) is 5.02. The van der Waals surface area contributed by atoms with Gasteiger partial charge in [0, 0.05) is 0 Å². The molecule has 5 heteroatoms. The molecule has 148 valence electrons. The zero-order valence-electron chi connectivity index (χ0n) is 16.8. The van der Waals surface area contributed by atoms with E-state index in [1.165, 1.54) is 0 Å². The summed E-state index contributed by atoms with van der Waals surface area (Å²) in [6, 6.07) is 0. The molecule has 0 radical (unpaired) electrons. The van der Waals surface area contributed by atoms with E-state index in [9.17, 15) is 9.59 Å². The van der Waals surface area contributed by atoms with Crippen molar-refractivity contribution in [2.45, 2.75) is 79.1 Å². The van der Waals surface area contributed by atoms with E-state index in [0.717, 1.165) is 88.2 Å². The van der Waals surface area contributed by atoms with Gasteiger partial charge in [-0.1, -0.05) is 0 Å². The Morgan fingerprint density at radius 1 is 0.760 bits per heavy atom. The summed E-state index contributed by atoms with van der Waals surface area (Å²) < 4.78 is 6.33. The molecule has 0 aliphatic heterocycles. The van der Waals surface area contributed by atoms with Crippen molar-refractivity contribution in [3.8, 4) is 0 Å². The van der Waals surface area contributed by atoms with Gasteiger partial charge in [-0.05, 0) is 0 Å². The van der Waals surface area contributed by atoms with Crippen LogP contribution >= 0.6 is 6.83 Å². The summed E-state index contributed by atoms with van der Waals surface area (Å²) in [6.45, 7) is 6.06. The standard InChI is InChI=1S/C20H39O4P/c1-5-9-15-25(16-10-6-2,17-11-7-3,18-12-8-4)24-20(23)14-13-19(21)22/h13-14H,5-12,15-18H2,1-4H3,(H,21,22)/b14-13+. The van der Waals surface area contributed by atoms with Gasteiger partial charge in [0.15, 0.2) is 0 Å². The Hall–Kier alpha value is -0.890. The molecule has 0 rings (SSSR count). The summed E-state index contributed by atoms with van der Waals surface area (Å²) in [5, 5.41) is 8.81. The topological polar surface area (TPSA) is 63.6 Å². The van der Waals surface area contributed by atoms with E-state index in [0.29, 0.717) is 0 Å². The number of carboxylic acids is 1. The van der Waals surface area contributed by atoms with E-state index in [2.05, 4.69) is 27.7 Å². The van der Waals surface area contributed by atoms with Crippen molar-refractivity contribution >= 4 is 18.8 Å². The fourth-order valence-corrected chi connectivity index (χ4v) is 10.3. The van der Waals surface area contributed by atoms with Gasteiger partial charge in [-0.25, -0.2) is 0 Å². The Morgan fingerprint density at radius 2 is 1.12 bits per heavy atom. The molecule has 0 spiro atoms. The molecule has 0 amide bonds. The van der Waals surface area contributed by atoms with E-state index in [-0.39, 0.29) is 0 Å². The van der Waals surface area contributed by atoms with Crippen molar-refractivity contribution in [1.29, 1.82) is 0 Å². The van der Waals surface area contributed by atoms with Crippen molar-refractivity contribution in [3.63, 3.8) is 0 Å². The molecular formula is C20H39O4P. The van der Waals surface area contributed by atoms with Crippen LogP contribution in [0.5, 0.6) is 0 Å². The monoisotopic (exact) mass is 374 g/mol. The van der Waals surface area contributed by atoms with E-state index in [4.69, 9.17) is 9.63 Å². The Bertz CT molecular complexity index is 388. The SMILES string of the molecule is CCCCP(CCCC)(CCCC)(CCCC)OC(=O)/C=C/C(=O)O. The van der Waals surface area contributed by atoms with Gasteiger partial charge in [-0.15, -0.1) is 0 Å². The number of aliphatic carboxylic acids is 1. The summed E-state index contributed by atoms with van der Waals surface area (Å²) in [7, 11) is 0. The summed E-state index contributed by atoms with van der Waals surface area (Å²) in [6.07, 6.45) is 14.6. The number of hydrogen-bond donors (Lipinski definition) is 1. The van der Waals surface area contributed by atoms with Gasteiger partial charge >= 0.3 is 154 Å². The quantitative estimate of drug-likeness (QED) is 0.289. The maximum atomic E-state index is 12.5. The first-order chi connectivity index (χ1) is 11.9. The van der Waals surface area contributed by atoms with E-state index >= 15 is 0 Å². The average Bonchev–Trinajstić information content (AvgIpc) is 2.60. The van der Waals surface area contributed by atoms with Crippen LogP contribution < -0.4 is 0 Å². The third kappa shape index (κ3) is 8.85. The van der Waals surface area contributed by atoms with Crippen molar-refractivity contribution in [1.82, 2.24) is 0 Å². The molecule has 0 atom stereocenters. The van der Waals surface area contributed by atoms with Gasteiger partial charge in [0.05, 0.1) is 0 Å². The number of rotatable bonds is 15. The zero-order valence-corrected chi connectivity index (χ0v) is 17.7. The van der Waals surface area contributed by atoms with Crippen molar-refractivity contribution < 1.29 is 19.2 Å². The first-order valence-electron chi connectivity index (χ1n) is 10.0. The first-order valence-corrected chi connectivity index (χ1v) is 12.9. The second kappa shape index (κ2) is 12.5. The molecule has 0 aromatic rings. The molecule has 0 heterocycles. The molecule has 1 N–H and O–H groups in total. The number of carbonyl (C=O) groups is 2. The number of carboxylic acid groups (broad SMARTS) is 1. The Morgan fingerprint density at radius 3 is 1.40 bits per heavy atom. The average molecular weight is 375 g/mol. The van der Waals surface area contributed by atoms with Crippen LogP contribution in [0.3, 0.4) is 0 Å². The molecule has 0 aliphatic carbocycles. The summed E-state index contributed by atoms with van der Waals surface area (Å²) in [5.41, 5.74) is 0. The van der Waals surface area contributed by atoms with Gasteiger partial charge in [0.25, 0.3) is 0 Å². The second-order valence-corrected chi connectivity index (χ2v) is 12.9. The summed E-state index contributed by atoms with van der Waals surface area (Å²) >= 11 is 0. The molecule has 0 bridgehead atoms. The fraction of sp³-hybridized carbons (Fsp3) is 0.800. The molecule has 0 unspecified atom stereocenters. The number of carbonyl (C=O) groups excluding carboxylic acids is 1. The number of hydrogen-bond acceptors (Lipinski definition) is 3. The first kappa shape index (κ1) is 24.1. The predicted octanol–water partition coefficient (Wildman–Crippen LogP) is 5.84. The Balaban J connectivity index is 5.79. The maximum absolute atomic E-state index is 12.5. The third-order valence-corrected chi connectivity index (χ3v) is 11.5. The summed E-state index contributed by atoms with van der Waals surface area (Å²) in [4.78, 5) is 23.2. The van der Waals surface area contributed by atoms with Crippen LogP contribution in [0, 0.1) is 0 Å². The predicted molar refractivity (Wildman–Crippen MR) is 109 cm³/mol. The zero-order chi connectivity index (χ0) is 19.2. The van der Waals surface area contributed by atoms with Crippen LogP contribution in [-0.2, 0) is 14.1 Å². The molecule has 0 saturated carbocycles. The van der Waals surface area contributed by atoms with Crippen LogP contribution in [0.25, 0.3) is 0 Å². The minimum absolute atomic E-state index is 0.459. The van der Waals surface area contributed by atoms with Gasteiger partial charge in [0.2, 0.25) is 0 Å². The molecule has 4 nitrogen and oxygen atoms in total. The molecule has 0 aromatic heterocycles. The van der Waals surface area contributed by atoms with Crippen LogP contribution in [-0.4, -0.2) is 41.7 Å². The molecule has 0 aromatic carbocycles. The van der Waals surface area contributed by atoms with E-state index in [1.807, 2.05) is 0 Å². The summed E-state index contributed by atoms with van der Waals surface area (Å²) in [5.74, 6) is -1.57. The molecule has 0 saturated heterocycles. The van der Waals surface area contributed by atoms with Gasteiger partial charge in [-0.3, -0.25) is 0 Å². The Labute approximate surface area is 154 Å².